The van der Waals surface area contributed by atoms with Gasteiger partial charge in [-0.15, -0.1) is 0 Å². The molecule has 2 aliphatic rings. The highest BCUT2D eigenvalue weighted by molar-refractivity contribution is 6.42. The summed E-state index contributed by atoms with van der Waals surface area (Å²) in [7, 11) is 1.63. The molecule has 2 aliphatic heterocycles. The van der Waals surface area contributed by atoms with Gasteiger partial charge in [0.2, 0.25) is 5.91 Å². The van der Waals surface area contributed by atoms with Crippen molar-refractivity contribution in [1.82, 2.24) is 20.0 Å². The van der Waals surface area contributed by atoms with Crippen molar-refractivity contribution < 1.29 is 18.4 Å². The van der Waals surface area contributed by atoms with Gasteiger partial charge in [-0.2, -0.15) is 0 Å². The van der Waals surface area contributed by atoms with Crippen LogP contribution in [0.4, 0.5) is 8.78 Å². The first kappa shape index (κ1) is 33.6. The fourth-order valence-corrected chi connectivity index (χ4v) is 7.25. The molecule has 10 heteroatoms. The lowest BCUT2D eigenvalue weighted by atomic mass is 9.80. The molecule has 1 N–H and O–H groups in total. The van der Waals surface area contributed by atoms with Crippen LogP contribution < -0.4 is 5.32 Å². The first-order chi connectivity index (χ1) is 20.6. The van der Waals surface area contributed by atoms with E-state index >= 15 is 0 Å². The molecule has 2 aromatic rings. The third-order valence-electron chi connectivity index (χ3n) is 9.32. The van der Waals surface area contributed by atoms with E-state index in [1.165, 1.54) is 11.0 Å². The van der Waals surface area contributed by atoms with E-state index in [4.69, 9.17) is 23.2 Å². The zero-order valence-electron chi connectivity index (χ0n) is 25.5. The number of likely N-dealkylation sites (tertiary alicyclic amines) is 1. The fourth-order valence-electron chi connectivity index (χ4n) is 6.94. The van der Waals surface area contributed by atoms with Crippen LogP contribution >= 0.6 is 23.2 Å². The number of hydrogen-bond acceptors (Lipinski definition) is 4. The molecule has 0 spiro atoms. The Morgan fingerprint density at radius 1 is 1.05 bits per heavy atom. The first-order valence-electron chi connectivity index (χ1n) is 15.5. The number of amides is 2. The molecular formula is C33H44Cl2F2N4O2. The molecule has 2 fully saturated rings. The van der Waals surface area contributed by atoms with Gasteiger partial charge in [0.1, 0.15) is 17.2 Å². The topological polar surface area (TPSA) is 55.9 Å². The Labute approximate surface area is 264 Å². The number of benzene rings is 2. The Kier molecular flexibility index (Phi) is 11.8. The standard InChI is InChI=1S/C33H44Cl2F2N4O2/c1-4-40(5-2)32(43)33(15-17-38-18-16-33)41-19-7-6-8-26(41)12-9-24(23-10-14-28(34)29(35)20-23)22-39(3)31(42)27-13-11-25(36)21-30(27)37/h10-11,13-14,20-21,24,26,38H,4-9,12,15-19,22H2,1-3H3. The van der Waals surface area contributed by atoms with Crippen molar-refractivity contribution in [3.63, 3.8) is 0 Å². The Hall–Kier alpha value is -2.26. The van der Waals surface area contributed by atoms with Crippen molar-refractivity contribution in [3.05, 3.63) is 69.2 Å². The Morgan fingerprint density at radius 3 is 2.42 bits per heavy atom. The van der Waals surface area contributed by atoms with Crippen LogP contribution in [0.25, 0.3) is 0 Å². The van der Waals surface area contributed by atoms with Crippen LogP contribution in [0.1, 0.15) is 80.6 Å². The quantitative estimate of drug-likeness (QED) is 0.296. The molecule has 4 rings (SSSR count). The maximum absolute atomic E-state index is 14.5. The number of carbonyl (C=O) groups excluding carboxylic acids is 2. The van der Waals surface area contributed by atoms with Gasteiger partial charge < -0.3 is 15.1 Å². The minimum absolute atomic E-state index is 0.113. The van der Waals surface area contributed by atoms with Crippen LogP contribution in [0.15, 0.2) is 36.4 Å². The summed E-state index contributed by atoms with van der Waals surface area (Å²) in [5, 5.41) is 4.33. The third-order valence-corrected chi connectivity index (χ3v) is 10.1. The minimum Gasteiger partial charge on any atom is -0.342 e. The molecule has 236 valence electrons. The van der Waals surface area contributed by atoms with Gasteiger partial charge in [0.25, 0.3) is 5.91 Å². The van der Waals surface area contributed by atoms with Crippen molar-refractivity contribution in [1.29, 1.82) is 0 Å². The number of rotatable bonds is 11. The second-order valence-corrected chi connectivity index (χ2v) is 12.7. The summed E-state index contributed by atoms with van der Waals surface area (Å²) in [6, 6.07) is 8.73. The van der Waals surface area contributed by atoms with Crippen LogP contribution in [0.3, 0.4) is 0 Å². The number of likely N-dealkylation sites (N-methyl/N-ethyl adjacent to an activating group) is 2. The van der Waals surface area contributed by atoms with Gasteiger partial charge in [0.15, 0.2) is 0 Å². The Balaban J connectivity index is 1.59. The smallest absolute Gasteiger partial charge is 0.256 e. The summed E-state index contributed by atoms with van der Waals surface area (Å²) in [5.41, 5.74) is 0.249. The van der Waals surface area contributed by atoms with Crippen molar-refractivity contribution in [2.75, 3.05) is 46.3 Å². The molecule has 0 saturated carbocycles. The summed E-state index contributed by atoms with van der Waals surface area (Å²) in [6.45, 7) is 8.30. The monoisotopic (exact) mass is 636 g/mol. The van der Waals surface area contributed by atoms with Gasteiger partial charge in [0, 0.05) is 44.7 Å². The van der Waals surface area contributed by atoms with Crippen LogP contribution in [0, 0.1) is 11.6 Å². The highest BCUT2D eigenvalue weighted by atomic mass is 35.5. The van der Waals surface area contributed by atoms with Crippen molar-refractivity contribution in [2.45, 2.75) is 76.3 Å². The van der Waals surface area contributed by atoms with E-state index in [-0.39, 0.29) is 23.4 Å². The summed E-state index contributed by atoms with van der Waals surface area (Å²) in [4.78, 5) is 33.3. The lowest BCUT2D eigenvalue weighted by Crippen LogP contribution is -2.66. The second-order valence-electron chi connectivity index (χ2n) is 11.9. The second kappa shape index (κ2) is 15.2. The van der Waals surface area contributed by atoms with Crippen molar-refractivity contribution in [2.24, 2.45) is 0 Å². The lowest BCUT2D eigenvalue weighted by molar-refractivity contribution is -0.150. The van der Waals surface area contributed by atoms with E-state index in [2.05, 4.69) is 10.2 Å². The average molecular weight is 638 g/mol. The molecule has 0 aromatic heterocycles. The molecular weight excluding hydrogens is 593 g/mol. The molecule has 0 aliphatic carbocycles. The molecule has 2 heterocycles. The van der Waals surface area contributed by atoms with Crippen LogP contribution in [-0.4, -0.2) is 84.4 Å². The molecule has 43 heavy (non-hydrogen) atoms. The minimum atomic E-state index is -0.883. The Morgan fingerprint density at radius 2 is 1.77 bits per heavy atom. The van der Waals surface area contributed by atoms with Gasteiger partial charge in [-0.05, 0) is 102 Å². The molecule has 2 atom stereocenters. The Bertz CT molecular complexity index is 1270. The van der Waals surface area contributed by atoms with E-state index in [9.17, 15) is 18.4 Å². The first-order valence-corrected chi connectivity index (χ1v) is 16.3. The SMILES string of the molecule is CCN(CC)C(=O)C1(N2CCCCC2CCC(CN(C)C(=O)c2ccc(F)cc2F)c2ccc(Cl)c(Cl)c2)CCNCC1. The normalized spacial score (nSPS) is 19.6. The van der Waals surface area contributed by atoms with E-state index < -0.39 is 23.1 Å². The highest BCUT2D eigenvalue weighted by Gasteiger charge is 2.49. The van der Waals surface area contributed by atoms with E-state index in [0.717, 1.165) is 82.3 Å². The van der Waals surface area contributed by atoms with Crippen molar-refractivity contribution in [3.8, 4) is 0 Å². The number of nitrogens with one attached hydrogen (secondary N) is 1. The van der Waals surface area contributed by atoms with Crippen LogP contribution in [-0.2, 0) is 4.79 Å². The molecule has 2 unspecified atom stereocenters. The predicted molar refractivity (Wildman–Crippen MR) is 169 cm³/mol. The molecule has 0 radical (unpaired) electrons. The zero-order chi connectivity index (χ0) is 31.1. The van der Waals surface area contributed by atoms with Gasteiger partial charge in [-0.1, -0.05) is 35.7 Å². The van der Waals surface area contributed by atoms with E-state index in [1.807, 2.05) is 30.9 Å². The van der Waals surface area contributed by atoms with Gasteiger partial charge in [0.05, 0.1) is 15.6 Å². The molecule has 2 saturated heterocycles. The third kappa shape index (κ3) is 7.70. The molecule has 2 amide bonds. The average Bonchev–Trinajstić information content (AvgIpc) is 3.01. The van der Waals surface area contributed by atoms with E-state index in [1.54, 1.807) is 13.1 Å². The van der Waals surface area contributed by atoms with E-state index in [0.29, 0.717) is 29.7 Å². The lowest BCUT2D eigenvalue weighted by Gasteiger charge is -2.52. The summed E-state index contributed by atoms with van der Waals surface area (Å²) in [6.07, 6.45) is 6.31. The maximum Gasteiger partial charge on any atom is 0.256 e. The summed E-state index contributed by atoms with van der Waals surface area (Å²) < 4.78 is 28.0. The van der Waals surface area contributed by atoms with Gasteiger partial charge >= 0.3 is 0 Å². The molecule has 2 aromatic carbocycles. The number of nitrogens with zero attached hydrogens (tertiary/aromatic N) is 3. The fraction of sp³-hybridized carbons (Fsp3) is 0.576. The highest BCUT2D eigenvalue weighted by Crippen LogP contribution is 2.38. The molecule has 6 nitrogen and oxygen atoms in total. The summed E-state index contributed by atoms with van der Waals surface area (Å²) in [5.74, 6) is -2.00. The predicted octanol–water partition coefficient (Wildman–Crippen LogP) is 6.75. The van der Waals surface area contributed by atoms with Gasteiger partial charge in [-0.3, -0.25) is 14.5 Å². The summed E-state index contributed by atoms with van der Waals surface area (Å²) >= 11 is 12.7. The molecule has 0 bridgehead atoms. The van der Waals surface area contributed by atoms with Crippen molar-refractivity contribution >= 4 is 35.0 Å². The number of carbonyl (C=O) groups is 2. The van der Waals surface area contributed by atoms with Crippen LogP contribution in [0.5, 0.6) is 0 Å². The number of piperidine rings is 2. The van der Waals surface area contributed by atoms with Gasteiger partial charge in [-0.25, -0.2) is 8.78 Å². The van der Waals surface area contributed by atoms with Crippen LogP contribution in [0.2, 0.25) is 10.0 Å². The largest absolute Gasteiger partial charge is 0.342 e. The number of halogens is 4. The number of hydrogen-bond donors (Lipinski definition) is 1. The maximum atomic E-state index is 14.5. The zero-order valence-corrected chi connectivity index (χ0v) is 27.0.